The molecule has 0 aliphatic heterocycles. The lowest BCUT2D eigenvalue weighted by molar-refractivity contribution is 0.101. The highest BCUT2D eigenvalue weighted by Gasteiger charge is 2.07. The highest BCUT2D eigenvalue weighted by molar-refractivity contribution is 5.99. The van der Waals surface area contributed by atoms with Gasteiger partial charge in [-0.25, -0.2) is 4.39 Å². The zero-order valence-corrected chi connectivity index (χ0v) is 11.0. The molecule has 0 bridgehead atoms. The summed E-state index contributed by atoms with van der Waals surface area (Å²) in [6.07, 6.45) is 1.84. The Bertz CT molecular complexity index is 627. The zero-order chi connectivity index (χ0) is 13.8. The van der Waals surface area contributed by atoms with Crippen molar-refractivity contribution in [2.45, 2.75) is 13.8 Å². The normalized spacial score (nSPS) is 11.4. The van der Waals surface area contributed by atoms with Crippen molar-refractivity contribution in [2.24, 2.45) is 0 Å². The van der Waals surface area contributed by atoms with E-state index in [9.17, 15) is 9.18 Å². The van der Waals surface area contributed by atoms with E-state index in [4.69, 9.17) is 0 Å². The second-order valence-electron chi connectivity index (χ2n) is 4.48. The molecule has 19 heavy (non-hydrogen) atoms. The van der Waals surface area contributed by atoms with E-state index < -0.39 is 0 Å². The van der Waals surface area contributed by atoms with Gasteiger partial charge in [0.05, 0.1) is 0 Å². The third kappa shape index (κ3) is 3.16. The van der Waals surface area contributed by atoms with E-state index in [-0.39, 0.29) is 11.6 Å². The number of halogens is 1. The molecule has 0 saturated heterocycles. The fourth-order valence-electron chi connectivity index (χ4n) is 1.99. The standard InChI is InChI=1S/C17H15FO/c1-12(14-6-4-3-5-7-14)10-15-11-16(18)8-9-17(15)13(2)19/h3-11H,1-2H3/b12-10+. The highest BCUT2D eigenvalue weighted by Crippen LogP contribution is 2.21. The minimum Gasteiger partial charge on any atom is -0.294 e. The van der Waals surface area contributed by atoms with E-state index in [0.29, 0.717) is 11.1 Å². The number of rotatable bonds is 3. The van der Waals surface area contributed by atoms with Crippen molar-refractivity contribution in [3.05, 3.63) is 71.0 Å². The first-order valence-electron chi connectivity index (χ1n) is 6.12. The van der Waals surface area contributed by atoms with Crippen molar-refractivity contribution in [2.75, 3.05) is 0 Å². The van der Waals surface area contributed by atoms with Crippen LogP contribution in [0.3, 0.4) is 0 Å². The number of carbonyl (C=O) groups excluding carboxylic acids is 1. The van der Waals surface area contributed by atoms with Crippen LogP contribution < -0.4 is 0 Å². The van der Waals surface area contributed by atoms with Gasteiger partial charge in [0.15, 0.2) is 5.78 Å². The van der Waals surface area contributed by atoms with Crippen LogP contribution in [0.1, 0.15) is 35.3 Å². The van der Waals surface area contributed by atoms with Gasteiger partial charge in [-0.15, -0.1) is 0 Å². The SMILES string of the molecule is CC(=O)c1ccc(F)cc1/C=C(\C)c1ccccc1. The lowest BCUT2D eigenvalue weighted by Crippen LogP contribution is -1.97. The molecular formula is C17H15FO. The molecule has 0 unspecified atom stereocenters. The van der Waals surface area contributed by atoms with E-state index in [1.54, 1.807) is 0 Å². The van der Waals surface area contributed by atoms with Crippen molar-refractivity contribution < 1.29 is 9.18 Å². The Balaban J connectivity index is 2.48. The molecule has 0 spiro atoms. The van der Waals surface area contributed by atoms with Crippen LogP contribution in [0.2, 0.25) is 0 Å². The molecule has 2 aromatic rings. The molecule has 0 aliphatic carbocycles. The Kier molecular flexibility index (Phi) is 3.91. The zero-order valence-electron chi connectivity index (χ0n) is 11.0. The third-order valence-electron chi connectivity index (χ3n) is 2.99. The van der Waals surface area contributed by atoms with E-state index in [1.807, 2.05) is 43.3 Å². The number of hydrogen-bond acceptors (Lipinski definition) is 1. The van der Waals surface area contributed by atoms with Crippen molar-refractivity contribution in [3.63, 3.8) is 0 Å². The maximum atomic E-state index is 13.3. The van der Waals surface area contributed by atoms with Crippen molar-refractivity contribution in [3.8, 4) is 0 Å². The first kappa shape index (κ1) is 13.2. The molecule has 0 aliphatic rings. The monoisotopic (exact) mass is 254 g/mol. The molecule has 0 saturated carbocycles. The number of allylic oxidation sites excluding steroid dienone is 1. The van der Waals surface area contributed by atoms with Crippen LogP contribution in [-0.4, -0.2) is 5.78 Å². The van der Waals surface area contributed by atoms with Gasteiger partial charge in [-0.05, 0) is 48.7 Å². The van der Waals surface area contributed by atoms with Gasteiger partial charge >= 0.3 is 0 Å². The molecular weight excluding hydrogens is 239 g/mol. The summed E-state index contributed by atoms with van der Waals surface area (Å²) in [5, 5.41) is 0. The van der Waals surface area contributed by atoms with Crippen molar-refractivity contribution in [1.82, 2.24) is 0 Å². The predicted octanol–water partition coefficient (Wildman–Crippen LogP) is 4.59. The highest BCUT2D eigenvalue weighted by atomic mass is 19.1. The molecule has 2 heteroatoms. The van der Waals surface area contributed by atoms with Crippen LogP contribution in [0.15, 0.2) is 48.5 Å². The lowest BCUT2D eigenvalue weighted by atomic mass is 9.99. The number of ketones is 1. The van der Waals surface area contributed by atoms with E-state index in [1.165, 1.54) is 25.1 Å². The Morgan fingerprint density at radius 2 is 1.74 bits per heavy atom. The molecule has 96 valence electrons. The Morgan fingerprint density at radius 1 is 1.05 bits per heavy atom. The van der Waals surface area contributed by atoms with Crippen LogP contribution in [0.25, 0.3) is 11.6 Å². The summed E-state index contributed by atoms with van der Waals surface area (Å²) in [4.78, 5) is 11.5. The predicted molar refractivity (Wildman–Crippen MR) is 76.4 cm³/mol. The van der Waals surface area contributed by atoms with Gasteiger partial charge in [0.2, 0.25) is 0 Å². The van der Waals surface area contributed by atoms with E-state index >= 15 is 0 Å². The molecule has 1 nitrogen and oxygen atoms in total. The van der Waals surface area contributed by atoms with Gasteiger partial charge in [0, 0.05) is 5.56 Å². The number of Topliss-reactive ketones (excluding diaryl/α,β-unsaturated/α-hetero) is 1. The minimum atomic E-state index is -0.336. The number of carbonyl (C=O) groups is 1. The second-order valence-corrected chi connectivity index (χ2v) is 4.48. The van der Waals surface area contributed by atoms with Gasteiger partial charge in [-0.1, -0.05) is 36.4 Å². The molecule has 0 N–H and O–H groups in total. The Hall–Kier alpha value is -2.22. The summed E-state index contributed by atoms with van der Waals surface area (Å²) < 4.78 is 13.3. The smallest absolute Gasteiger partial charge is 0.160 e. The van der Waals surface area contributed by atoms with Gasteiger partial charge in [-0.3, -0.25) is 4.79 Å². The summed E-state index contributed by atoms with van der Waals surface area (Å²) in [7, 11) is 0. The molecule has 0 atom stereocenters. The molecule has 0 radical (unpaired) electrons. The minimum absolute atomic E-state index is 0.0629. The van der Waals surface area contributed by atoms with Crippen LogP contribution in [0.4, 0.5) is 4.39 Å². The maximum Gasteiger partial charge on any atom is 0.160 e. The summed E-state index contributed by atoms with van der Waals surface area (Å²) in [6.45, 7) is 3.44. The molecule has 0 amide bonds. The maximum absolute atomic E-state index is 13.3. The molecule has 2 rings (SSSR count). The number of hydrogen-bond donors (Lipinski definition) is 0. The van der Waals surface area contributed by atoms with Crippen LogP contribution >= 0.6 is 0 Å². The fourth-order valence-corrected chi connectivity index (χ4v) is 1.99. The summed E-state index contributed by atoms with van der Waals surface area (Å²) >= 11 is 0. The van der Waals surface area contributed by atoms with Crippen LogP contribution in [0, 0.1) is 5.82 Å². The summed E-state index contributed by atoms with van der Waals surface area (Å²) in [6, 6.07) is 14.0. The van der Waals surface area contributed by atoms with Crippen molar-refractivity contribution in [1.29, 1.82) is 0 Å². The van der Waals surface area contributed by atoms with Gasteiger partial charge in [0.1, 0.15) is 5.82 Å². The average molecular weight is 254 g/mol. The third-order valence-corrected chi connectivity index (χ3v) is 2.99. The fraction of sp³-hybridized carbons (Fsp3) is 0.118. The lowest BCUT2D eigenvalue weighted by Gasteiger charge is -2.06. The topological polar surface area (TPSA) is 17.1 Å². The second kappa shape index (κ2) is 5.61. The van der Waals surface area contributed by atoms with E-state index in [2.05, 4.69) is 0 Å². The van der Waals surface area contributed by atoms with Gasteiger partial charge in [0.25, 0.3) is 0 Å². The molecule has 0 fully saturated rings. The molecule has 0 heterocycles. The first-order chi connectivity index (χ1) is 9.08. The van der Waals surface area contributed by atoms with E-state index in [0.717, 1.165) is 11.1 Å². The Labute approximate surface area is 112 Å². The van der Waals surface area contributed by atoms with Crippen LogP contribution in [-0.2, 0) is 0 Å². The Morgan fingerprint density at radius 3 is 2.37 bits per heavy atom. The van der Waals surface area contributed by atoms with Gasteiger partial charge < -0.3 is 0 Å². The van der Waals surface area contributed by atoms with Crippen molar-refractivity contribution >= 4 is 17.4 Å². The quantitative estimate of drug-likeness (QED) is 0.578. The molecule has 0 aromatic heterocycles. The molecule has 2 aromatic carbocycles. The number of benzene rings is 2. The largest absolute Gasteiger partial charge is 0.294 e. The summed E-state index contributed by atoms with van der Waals surface area (Å²) in [5.41, 5.74) is 3.21. The van der Waals surface area contributed by atoms with Gasteiger partial charge in [-0.2, -0.15) is 0 Å². The summed E-state index contributed by atoms with van der Waals surface area (Å²) in [5.74, 6) is -0.399. The van der Waals surface area contributed by atoms with Crippen LogP contribution in [0.5, 0.6) is 0 Å². The first-order valence-corrected chi connectivity index (χ1v) is 6.12. The average Bonchev–Trinajstić information content (AvgIpc) is 2.39.